The van der Waals surface area contributed by atoms with Crippen LogP contribution in [0.5, 0.6) is 0 Å². The number of hydrogen-bond donors (Lipinski definition) is 2. The molecule has 0 bridgehead atoms. The number of benzene rings is 2. The van der Waals surface area contributed by atoms with Gasteiger partial charge in [-0.3, -0.25) is 0 Å². The lowest BCUT2D eigenvalue weighted by molar-refractivity contribution is 0.147. The Hall–Kier alpha value is -1.23. The summed E-state index contributed by atoms with van der Waals surface area (Å²) in [6, 6.07) is 10.4. The minimum absolute atomic E-state index is 0.266. The molecule has 0 aromatic heterocycles. The van der Waals surface area contributed by atoms with Crippen LogP contribution in [0.15, 0.2) is 40.9 Å². The second-order valence-corrected chi connectivity index (χ2v) is 6.25. The van der Waals surface area contributed by atoms with E-state index in [1.807, 2.05) is 32.0 Å². The van der Waals surface area contributed by atoms with E-state index in [0.29, 0.717) is 10.0 Å². The first-order chi connectivity index (χ1) is 9.92. The Labute approximate surface area is 132 Å². The maximum absolute atomic E-state index is 13.5. The van der Waals surface area contributed by atoms with E-state index in [4.69, 9.17) is 5.73 Å². The summed E-state index contributed by atoms with van der Waals surface area (Å²) in [6.07, 6.45) is -0.843. The number of aliphatic hydroxyl groups is 1. The molecule has 0 amide bonds. The maximum Gasteiger partial charge on any atom is 0.124 e. The molecule has 2 atom stereocenters. The van der Waals surface area contributed by atoms with E-state index >= 15 is 0 Å². The Bertz CT molecular complexity index is 624. The van der Waals surface area contributed by atoms with Crippen LogP contribution in [0, 0.1) is 19.7 Å². The summed E-state index contributed by atoms with van der Waals surface area (Å²) in [5.74, 6) is -0.646. The molecular weight excluding hydrogens is 333 g/mol. The Balaban J connectivity index is 2.37. The second-order valence-electron chi connectivity index (χ2n) is 5.33. The molecule has 0 saturated carbocycles. The van der Waals surface area contributed by atoms with Gasteiger partial charge in [-0.1, -0.05) is 34.1 Å². The van der Waals surface area contributed by atoms with E-state index in [0.717, 1.165) is 11.1 Å². The number of hydrogen-bond acceptors (Lipinski definition) is 2. The highest BCUT2D eigenvalue weighted by molar-refractivity contribution is 9.10. The SMILES string of the molecule is Cc1ccc(C(CN)C(O)c2cc(F)cc(Br)c2)cc1C. The van der Waals surface area contributed by atoms with Gasteiger partial charge < -0.3 is 10.8 Å². The molecule has 0 spiro atoms. The van der Waals surface area contributed by atoms with Crippen LogP contribution in [0.1, 0.15) is 34.3 Å². The molecule has 2 nitrogen and oxygen atoms in total. The van der Waals surface area contributed by atoms with Gasteiger partial charge in [0.15, 0.2) is 0 Å². The second kappa shape index (κ2) is 6.69. The summed E-state index contributed by atoms with van der Waals surface area (Å²) < 4.78 is 14.1. The normalized spacial score (nSPS) is 14.0. The van der Waals surface area contributed by atoms with E-state index in [1.54, 1.807) is 6.07 Å². The average Bonchev–Trinajstić information content (AvgIpc) is 2.42. The molecule has 0 aliphatic carbocycles. The van der Waals surface area contributed by atoms with Crippen molar-refractivity contribution in [2.75, 3.05) is 6.54 Å². The van der Waals surface area contributed by atoms with Gasteiger partial charge in [0.05, 0.1) is 6.10 Å². The van der Waals surface area contributed by atoms with Gasteiger partial charge in [-0.15, -0.1) is 0 Å². The molecule has 0 fully saturated rings. The van der Waals surface area contributed by atoms with Crippen molar-refractivity contribution in [1.29, 1.82) is 0 Å². The van der Waals surface area contributed by atoms with Gasteiger partial charge in [0.25, 0.3) is 0 Å². The van der Waals surface area contributed by atoms with Gasteiger partial charge in [-0.05, 0) is 54.3 Å². The lowest BCUT2D eigenvalue weighted by Crippen LogP contribution is -2.20. The van der Waals surface area contributed by atoms with Crippen molar-refractivity contribution in [2.24, 2.45) is 5.73 Å². The largest absolute Gasteiger partial charge is 0.388 e. The Morgan fingerprint density at radius 2 is 1.81 bits per heavy atom. The van der Waals surface area contributed by atoms with Crippen LogP contribution < -0.4 is 5.73 Å². The summed E-state index contributed by atoms with van der Waals surface area (Å²) in [5.41, 5.74) is 9.68. The number of halogens is 2. The van der Waals surface area contributed by atoms with Crippen molar-refractivity contribution in [3.05, 3.63) is 68.9 Å². The third kappa shape index (κ3) is 3.70. The van der Waals surface area contributed by atoms with Crippen molar-refractivity contribution in [1.82, 2.24) is 0 Å². The lowest BCUT2D eigenvalue weighted by atomic mass is 9.88. The van der Waals surface area contributed by atoms with Crippen molar-refractivity contribution in [3.8, 4) is 0 Å². The summed E-state index contributed by atoms with van der Waals surface area (Å²) >= 11 is 3.25. The zero-order valence-electron chi connectivity index (χ0n) is 12.1. The molecule has 0 aliphatic heterocycles. The van der Waals surface area contributed by atoms with Crippen LogP contribution in [-0.2, 0) is 0 Å². The van der Waals surface area contributed by atoms with Crippen LogP contribution in [0.25, 0.3) is 0 Å². The Kier molecular flexibility index (Phi) is 5.14. The molecule has 2 aromatic rings. The fraction of sp³-hybridized carbons (Fsp3) is 0.294. The van der Waals surface area contributed by atoms with Crippen molar-refractivity contribution >= 4 is 15.9 Å². The first-order valence-electron chi connectivity index (χ1n) is 6.83. The molecule has 2 aromatic carbocycles. The molecule has 2 rings (SSSR count). The van der Waals surface area contributed by atoms with E-state index in [1.165, 1.54) is 17.7 Å². The molecule has 3 N–H and O–H groups in total. The fourth-order valence-electron chi connectivity index (χ4n) is 2.42. The van der Waals surface area contributed by atoms with Crippen LogP contribution in [0.3, 0.4) is 0 Å². The first kappa shape index (κ1) is 16.1. The summed E-state index contributed by atoms with van der Waals surface area (Å²) in [7, 11) is 0. The first-order valence-corrected chi connectivity index (χ1v) is 7.63. The molecule has 2 unspecified atom stereocenters. The number of rotatable bonds is 4. The standard InChI is InChI=1S/C17H19BrFNO/c1-10-3-4-12(5-11(10)2)16(9-20)17(21)13-6-14(18)8-15(19)7-13/h3-8,16-17,21H,9,20H2,1-2H3. The molecule has 0 saturated heterocycles. The van der Waals surface area contributed by atoms with E-state index in [2.05, 4.69) is 15.9 Å². The predicted molar refractivity (Wildman–Crippen MR) is 86.8 cm³/mol. The predicted octanol–water partition coefficient (Wildman–Crippen LogP) is 3.98. The molecular formula is C17H19BrFNO. The topological polar surface area (TPSA) is 46.2 Å². The summed E-state index contributed by atoms with van der Waals surface area (Å²) in [4.78, 5) is 0. The van der Waals surface area contributed by atoms with Crippen LogP contribution >= 0.6 is 15.9 Å². The highest BCUT2D eigenvalue weighted by atomic mass is 79.9. The smallest absolute Gasteiger partial charge is 0.124 e. The van der Waals surface area contributed by atoms with Crippen molar-refractivity contribution < 1.29 is 9.50 Å². The monoisotopic (exact) mass is 351 g/mol. The number of aliphatic hydroxyl groups excluding tert-OH is 1. The molecule has 0 heterocycles. The van der Waals surface area contributed by atoms with Gasteiger partial charge >= 0.3 is 0 Å². The summed E-state index contributed by atoms with van der Waals surface area (Å²) in [6.45, 7) is 4.35. The molecule has 4 heteroatoms. The van der Waals surface area contributed by atoms with Crippen LogP contribution in [0.4, 0.5) is 4.39 Å². The van der Waals surface area contributed by atoms with Crippen LogP contribution in [0.2, 0.25) is 0 Å². The zero-order valence-corrected chi connectivity index (χ0v) is 13.7. The van der Waals surface area contributed by atoms with Gasteiger partial charge in [0.1, 0.15) is 5.82 Å². The quantitative estimate of drug-likeness (QED) is 0.874. The van der Waals surface area contributed by atoms with Gasteiger partial charge in [0.2, 0.25) is 0 Å². The zero-order chi connectivity index (χ0) is 15.6. The summed E-state index contributed by atoms with van der Waals surface area (Å²) in [5, 5.41) is 10.6. The van der Waals surface area contributed by atoms with Crippen molar-refractivity contribution in [2.45, 2.75) is 25.9 Å². The third-order valence-electron chi connectivity index (χ3n) is 3.82. The van der Waals surface area contributed by atoms with Crippen molar-refractivity contribution in [3.63, 3.8) is 0 Å². The van der Waals surface area contributed by atoms with E-state index in [-0.39, 0.29) is 18.3 Å². The highest BCUT2D eigenvalue weighted by Crippen LogP contribution is 2.32. The van der Waals surface area contributed by atoms with Gasteiger partial charge in [0, 0.05) is 16.9 Å². The molecule has 112 valence electrons. The molecule has 21 heavy (non-hydrogen) atoms. The van der Waals surface area contributed by atoms with E-state index < -0.39 is 6.10 Å². The molecule has 0 radical (unpaired) electrons. The third-order valence-corrected chi connectivity index (χ3v) is 4.28. The lowest BCUT2D eigenvalue weighted by Gasteiger charge is -2.23. The van der Waals surface area contributed by atoms with Gasteiger partial charge in [-0.25, -0.2) is 4.39 Å². The van der Waals surface area contributed by atoms with Crippen LogP contribution in [-0.4, -0.2) is 11.7 Å². The molecule has 0 aliphatic rings. The minimum atomic E-state index is -0.843. The fourth-order valence-corrected chi connectivity index (χ4v) is 2.90. The number of nitrogens with two attached hydrogens (primary N) is 1. The highest BCUT2D eigenvalue weighted by Gasteiger charge is 2.22. The maximum atomic E-state index is 13.5. The average molecular weight is 352 g/mol. The Morgan fingerprint density at radius 1 is 1.10 bits per heavy atom. The minimum Gasteiger partial charge on any atom is -0.388 e. The van der Waals surface area contributed by atoms with Gasteiger partial charge in [-0.2, -0.15) is 0 Å². The Morgan fingerprint density at radius 3 is 2.38 bits per heavy atom. The number of aryl methyl sites for hydroxylation is 2. The van der Waals surface area contributed by atoms with E-state index in [9.17, 15) is 9.50 Å².